The minimum atomic E-state index is 0.0390. The molecule has 23 heavy (non-hydrogen) atoms. The van der Waals surface area contributed by atoms with E-state index in [2.05, 4.69) is 34.5 Å². The van der Waals surface area contributed by atoms with Crippen molar-refractivity contribution in [2.45, 2.75) is 19.4 Å². The molecule has 3 rings (SSSR count). The Balaban J connectivity index is 1.50. The maximum atomic E-state index is 12.1. The summed E-state index contributed by atoms with van der Waals surface area (Å²) in [4.78, 5) is 14.5. The molecule has 0 saturated carbocycles. The highest BCUT2D eigenvalue weighted by molar-refractivity contribution is 5.91. The largest absolute Gasteiger partial charge is 0.497 e. The second kappa shape index (κ2) is 7.29. The number of nitrogens with zero attached hydrogens (tertiary/aromatic N) is 1. The number of fused-ring (bicyclic) bond motifs is 1. The van der Waals surface area contributed by atoms with Crippen LogP contribution in [0.1, 0.15) is 17.5 Å². The summed E-state index contributed by atoms with van der Waals surface area (Å²) in [6.07, 6.45) is 1.56. The molecule has 120 valence electrons. The maximum absolute atomic E-state index is 12.1. The van der Waals surface area contributed by atoms with Gasteiger partial charge in [-0.2, -0.15) is 0 Å². The Kier molecular flexibility index (Phi) is 4.93. The highest BCUT2D eigenvalue weighted by Crippen LogP contribution is 2.19. The smallest absolute Gasteiger partial charge is 0.225 e. The number of hydrogen-bond acceptors (Lipinski definition) is 3. The van der Waals surface area contributed by atoms with Gasteiger partial charge in [-0.05, 0) is 29.7 Å². The van der Waals surface area contributed by atoms with Crippen LogP contribution in [0.25, 0.3) is 0 Å². The zero-order valence-corrected chi connectivity index (χ0v) is 13.4. The van der Waals surface area contributed by atoms with Crippen LogP contribution in [0.4, 0.5) is 5.69 Å². The highest BCUT2D eigenvalue weighted by atomic mass is 16.5. The van der Waals surface area contributed by atoms with Gasteiger partial charge in [0.1, 0.15) is 5.75 Å². The molecule has 0 aliphatic carbocycles. The van der Waals surface area contributed by atoms with Crippen molar-refractivity contribution < 1.29 is 9.53 Å². The standard InChI is InChI=1S/C19H22N2O2/c1-23-18-8-4-7-17(13-18)20-19(22)10-12-21-11-9-15-5-2-3-6-16(15)14-21/h2-8,13H,9-12,14H2,1H3,(H,20,22). The van der Waals surface area contributed by atoms with Crippen LogP contribution < -0.4 is 10.1 Å². The summed E-state index contributed by atoms with van der Waals surface area (Å²) in [7, 11) is 1.62. The Labute approximate surface area is 137 Å². The molecule has 0 spiro atoms. The van der Waals surface area contributed by atoms with Crippen molar-refractivity contribution in [3.8, 4) is 5.75 Å². The fourth-order valence-electron chi connectivity index (χ4n) is 2.93. The third-order valence-electron chi connectivity index (χ3n) is 4.22. The summed E-state index contributed by atoms with van der Waals surface area (Å²) < 4.78 is 5.17. The first kappa shape index (κ1) is 15.6. The molecule has 0 unspecified atom stereocenters. The predicted molar refractivity (Wildman–Crippen MR) is 91.7 cm³/mol. The van der Waals surface area contributed by atoms with Crippen LogP contribution in [0.15, 0.2) is 48.5 Å². The second-order valence-electron chi connectivity index (χ2n) is 5.82. The molecular weight excluding hydrogens is 288 g/mol. The summed E-state index contributed by atoms with van der Waals surface area (Å²) >= 11 is 0. The summed E-state index contributed by atoms with van der Waals surface area (Å²) in [6.45, 7) is 2.73. The van der Waals surface area contributed by atoms with Crippen molar-refractivity contribution in [3.05, 3.63) is 59.7 Å². The molecule has 4 nitrogen and oxygen atoms in total. The zero-order valence-electron chi connectivity index (χ0n) is 13.4. The summed E-state index contributed by atoms with van der Waals surface area (Å²) in [6, 6.07) is 16.0. The van der Waals surface area contributed by atoms with E-state index in [0.717, 1.165) is 37.5 Å². The second-order valence-corrected chi connectivity index (χ2v) is 5.82. The first-order chi connectivity index (χ1) is 11.2. The van der Waals surface area contributed by atoms with Gasteiger partial charge in [0.2, 0.25) is 5.91 Å². The van der Waals surface area contributed by atoms with Gasteiger partial charge in [0.15, 0.2) is 0 Å². The molecule has 0 aromatic heterocycles. The molecule has 1 aliphatic rings. The number of carbonyl (C=O) groups excluding carboxylic acids is 1. The number of hydrogen-bond donors (Lipinski definition) is 1. The van der Waals surface area contributed by atoms with Gasteiger partial charge in [0.25, 0.3) is 0 Å². The zero-order chi connectivity index (χ0) is 16.1. The van der Waals surface area contributed by atoms with Crippen molar-refractivity contribution >= 4 is 11.6 Å². The minimum Gasteiger partial charge on any atom is -0.497 e. The van der Waals surface area contributed by atoms with Crippen molar-refractivity contribution in [1.29, 1.82) is 0 Å². The van der Waals surface area contributed by atoms with E-state index in [-0.39, 0.29) is 5.91 Å². The molecule has 1 aliphatic heterocycles. The van der Waals surface area contributed by atoms with E-state index >= 15 is 0 Å². The number of rotatable bonds is 5. The maximum Gasteiger partial charge on any atom is 0.225 e. The van der Waals surface area contributed by atoms with E-state index in [1.807, 2.05) is 24.3 Å². The number of nitrogens with one attached hydrogen (secondary N) is 1. The molecule has 1 N–H and O–H groups in total. The molecule has 1 heterocycles. The van der Waals surface area contributed by atoms with E-state index in [4.69, 9.17) is 4.74 Å². The number of benzene rings is 2. The molecule has 2 aromatic carbocycles. The monoisotopic (exact) mass is 310 g/mol. The quantitative estimate of drug-likeness (QED) is 0.923. The number of ether oxygens (including phenoxy) is 1. The van der Waals surface area contributed by atoms with Gasteiger partial charge in [-0.15, -0.1) is 0 Å². The van der Waals surface area contributed by atoms with Crippen LogP contribution >= 0.6 is 0 Å². The van der Waals surface area contributed by atoms with Crippen molar-refractivity contribution in [2.24, 2.45) is 0 Å². The SMILES string of the molecule is COc1cccc(NC(=O)CCN2CCc3ccccc3C2)c1. The molecule has 1 amide bonds. The Bertz CT molecular complexity index is 685. The van der Waals surface area contributed by atoms with Gasteiger partial charge in [0.05, 0.1) is 7.11 Å². The van der Waals surface area contributed by atoms with E-state index in [9.17, 15) is 4.79 Å². The Morgan fingerprint density at radius 3 is 2.83 bits per heavy atom. The molecule has 0 bridgehead atoms. The van der Waals surface area contributed by atoms with Crippen LogP contribution in [-0.4, -0.2) is 31.0 Å². The number of methoxy groups -OCH3 is 1. The topological polar surface area (TPSA) is 41.6 Å². The Morgan fingerprint density at radius 1 is 1.17 bits per heavy atom. The van der Waals surface area contributed by atoms with Crippen molar-refractivity contribution in [2.75, 3.05) is 25.5 Å². The van der Waals surface area contributed by atoms with E-state index in [0.29, 0.717) is 6.42 Å². The number of amides is 1. The molecule has 0 radical (unpaired) electrons. The lowest BCUT2D eigenvalue weighted by Crippen LogP contribution is -2.33. The van der Waals surface area contributed by atoms with Crippen LogP contribution in [0, 0.1) is 0 Å². The van der Waals surface area contributed by atoms with Crippen LogP contribution in [-0.2, 0) is 17.8 Å². The summed E-state index contributed by atoms with van der Waals surface area (Å²) in [5, 5.41) is 2.93. The lowest BCUT2D eigenvalue weighted by atomic mass is 10.00. The molecule has 0 saturated heterocycles. The molecule has 4 heteroatoms. The third-order valence-corrected chi connectivity index (χ3v) is 4.22. The van der Waals surface area contributed by atoms with Gasteiger partial charge in [0, 0.05) is 37.8 Å². The van der Waals surface area contributed by atoms with Gasteiger partial charge in [-0.3, -0.25) is 9.69 Å². The fourth-order valence-corrected chi connectivity index (χ4v) is 2.93. The predicted octanol–water partition coefficient (Wildman–Crippen LogP) is 3.08. The van der Waals surface area contributed by atoms with Gasteiger partial charge in [-0.25, -0.2) is 0 Å². The van der Waals surface area contributed by atoms with Gasteiger partial charge in [-0.1, -0.05) is 30.3 Å². The summed E-state index contributed by atoms with van der Waals surface area (Å²) in [5.41, 5.74) is 3.59. The number of carbonyl (C=O) groups is 1. The van der Waals surface area contributed by atoms with Crippen LogP contribution in [0.3, 0.4) is 0 Å². The van der Waals surface area contributed by atoms with E-state index in [1.165, 1.54) is 11.1 Å². The summed E-state index contributed by atoms with van der Waals surface area (Å²) in [5.74, 6) is 0.785. The molecule has 2 aromatic rings. The minimum absolute atomic E-state index is 0.0390. The molecule has 0 atom stereocenters. The molecule has 0 fully saturated rings. The lowest BCUT2D eigenvalue weighted by Gasteiger charge is -2.28. The normalized spacial score (nSPS) is 14.1. The van der Waals surface area contributed by atoms with Crippen LogP contribution in [0.5, 0.6) is 5.75 Å². The molecular formula is C19H22N2O2. The lowest BCUT2D eigenvalue weighted by molar-refractivity contribution is -0.116. The highest BCUT2D eigenvalue weighted by Gasteiger charge is 2.16. The average Bonchev–Trinajstić information content (AvgIpc) is 2.60. The average molecular weight is 310 g/mol. The van der Waals surface area contributed by atoms with Crippen molar-refractivity contribution in [1.82, 2.24) is 4.90 Å². The van der Waals surface area contributed by atoms with E-state index < -0.39 is 0 Å². The fraction of sp³-hybridized carbons (Fsp3) is 0.316. The van der Waals surface area contributed by atoms with Gasteiger partial charge >= 0.3 is 0 Å². The Hall–Kier alpha value is -2.33. The first-order valence-corrected chi connectivity index (χ1v) is 7.97. The number of anilines is 1. The van der Waals surface area contributed by atoms with Crippen molar-refractivity contribution in [3.63, 3.8) is 0 Å². The van der Waals surface area contributed by atoms with Gasteiger partial charge < -0.3 is 10.1 Å². The first-order valence-electron chi connectivity index (χ1n) is 7.97. The Morgan fingerprint density at radius 2 is 2.00 bits per heavy atom. The van der Waals surface area contributed by atoms with E-state index in [1.54, 1.807) is 7.11 Å². The third kappa shape index (κ3) is 4.11. The van der Waals surface area contributed by atoms with Crippen LogP contribution in [0.2, 0.25) is 0 Å².